The zero-order chi connectivity index (χ0) is 19.6. The number of carbonyl (C=O) groups is 1. The minimum Gasteiger partial charge on any atom is -0.272 e. The number of urea groups is 1. The van der Waals surface area contributed by atoms with E-state index in [2.05, 4.69) is 15.5 Å². The van der Waals surface area contributed by atoms with E-state index in [-0.39, 0.29) is 33.8 Å². The lowest BCUT2D eigenvalue weighted by Gasteiger charge is -2.31. The number of benzene rings is 1. The number of anilines is 1. The lowest BCUT2D eigenvalue weighted by atomic mass is 9.97. The van der Waals surface area contributed by atoms with Crippen LogP contribution in [0, 0.1) is 5.82 Å². The third kappa shape index (κ3) is 2.60. The van der Waals surface area contributed by atoms with Crippen molar-refractivity contribution < 1.29 is 13.7 Å². The summed E-state index contributed by atoms with van der Waals surface area (Å²) in [6, 6.07) is 4.23. The standard InChI is InChI=1S/C20H20ClFN4O2/c1-2-17-19-11(6-18(27)24-25-19)5-12-9-26(12,17)20(28)23-16-8-14(21)13(7-15(16)22)10-3-4-10/h6-8,10,12,17H,2-5,9H2,1H3,(H-,23,24,27,28)/p+1/t12-,17?,26?/m1/s1. The van der Waals surface area contributed by atoms with Gasteiger partial charge in [0.1, 0.15) is 24.1 Å². The Morgan fingerprint density at radius 3 is 2.89 bits per heavy atom. The second-order valence-electron chi connectivity index (χ2n) is 8.10. The van der Waals surface area contributed by atoms with Crippen molar-refractivity contribution in [2.75, 3.05) is 11.9 Å². The first-order valence-corrected chi connectivity index (χ1v) is 10.1. The maximum Gasteiger partial charge on any atom is 0.422 e. The highest BCUT2D eigenvalue weighted by atomic mass is 35.5. The van der Waals surface area contributed by atoms with Gasteiger partial charge in [0.15, 0.2) is 6.04 Å². The minimum absolute atomic E-state index is 0.0883. The maximum atomic E-state index is 14.6. The summed E-state index contributed by atoms with van der Waals surface area (Å²) >= 11 is 6.32. The summed E-state index contributed by atoms with van der Waals surface area (Å²) in [5, 5.41) is 9.97. The number of amides is 2. The lowest BCUT2D eigenvalue weighted by Crippen LogP contribution is -2.46. The molecule has 2 unspecified atom stereocenters. The summed E-state index contributed by atoms with van der Waals surface area (Å²) in [4.78, 5) is 24.8. The van der Waals surface area contributed by atoms with Gasteiger partial charge >= 0.3 is 6.03 Å². The number of fused-ring (bicyclic) bond motifs is 2. The summed E-state index contributed by atoms with van der Waals surface area (Å²) in [6.45, 7) is 2.65. The van der Waals surface area contributed by atoms with E-state index in [1.54, 1.807) is 6.07 Å². The Kier molecular flexibility index (Phi) is 3.90. The fraction of sp³-hybridized carbons (Fsp3) is 0.450. The number of nitrogens with one attached hydrogen (secondary N) is 2. The van der Waals surface area contributed by atoms with E-state index in [9.17, 15) is 14.0 Å². The molecule has 5 rings (SSSR count). The van der Waals surface area contributed by atoms with Gasteiger partial charge < -0.3 is 0 Å². The quantitative estimate of drug-likeness (QED) is 0.603. The van der Waals surface area contributed by atoms with Crippen molar-refractivity contribution in [2.45, 2.75) is 50.6 Å². The van der Waals surface area contributed by atoms with Crippen LogP contribution in [0.3, 0.4) is 0 Å². The Morgan fingerprint density at radius 2 is 2.18 bits per heavy atom. The van der Waals surface area contributed by atoms with Gasteiger partial charge in [0.05, 0.1) is 5.69 Å². The highest BCUT2D eigenvalue weighted by Crippen LogP contribution is 2.51. The first-order valence-electron chi connectivity index (χ1n) is 9.70. The number of H-pyrrole nitrogens is 1. The second kappa shape index (κ2) is 6.12. The molecule has 0 bridgehead atoms. The summed E-state index contributed by atoms with van der Waals surface area (Å²) in [6.07, 6.45) is 3.37. The van der Waals surface area contributed by atoms with Crippen LogP contribution in [0.1, 0.15) is 55.0 Å². The van der Waals surface area contributed by atoms with E-state index >= 15 is 0 Å². The minimum atomic E-state index is -0.454. The highest BCUT2D eigenvalue weighted by Gasteiger charge is 2.68. The topological polar surface area (TPSA) is 74.8 Å². The van der Waals surface area contributed by atoms with Crippen LogP contribution in [0.15, 0.2) is 23.0 Å². The Balaban J connectivity index is 1.45. The predicted molar refractivity (Wildman–Crippen MR) is 103 cm³/mol. The van der Waals surface area contributed by atoms with Crippen LogP contribution in [-0.4, -0.2) is 33.3 Å². The Morgan fingerprint density at radius 1 is 1.39 bits per heavy atom. The normalized spacial score (nSPS) is 27.7. The molecule has 2 aliphatic heterocycles. The van der Waals surface area contributed by atoms with E-state index < -0.39 is 5.82 Å². The van der Waals surface area contributed by atoms with Crippen molar-refractivity contribution in [3.63, 3.8) is 0 Å². The Bertz CT molecular complexity index is 1050. The van der Waals surface area contributed by atoms with Crippen LogP contribution in [0.4, 0.5) is 14.9 Å². The molecule has 3 aliphatic rings. The monoisotopic (exact) mass is 403 g/mol. The molecule has 3 heterocycles. The largest absolute Gasteiger partial charge is 0.422 e. The van der Waals surface area contributed by atoms with E-state index in [1.165, 1.54) is 12.1 Å². The highest BCUT2D eigenvalue weighted by molar-refractivity contribution is 6.31. The molecule has 6 nitrogen and oxygen atoms in total. The number of carbonyl (C=O) groups excluding carboxylic acids is 1. The average molecular weight is 404 g/mol. The summed E-state index contributed by atoms with van der Waals surface area (Å²) in [5.41, 5.74) is 2.37. The van der Waals surface area contributed by atoms with E-state index in [0.29, 0.717) is 30.3 Å². The first-order chi connectivity index (χ1) is 13.4. The van der Waals surface area contributed by atoms with Gasteiger partial charge in [-0.2, -0.15) is 5.10 Å². The third-order valence-corrected chi connectivity index (χ3v) is 6.72. The number of nitrogens with zero attached hydrogens (tertiary/aromatic N) is 2. The lowest BCUT2D eigenvalue weighted by molar-refractivity contribution is -0.765. The number of hydrogen-bond acceptors (Lipinski definition) is 3. The van der Waals surface area contributed by atoms with Gasteiger partial charge in [-0.1, -0.05) is 18.5 Å². The maximum absolute atomic E-state index is 14.6. The van der Waals surface area contributed by atoms with Gasteiger partial charge in [0.25, 0.3) is 5.56 Å². The zero-order valence-electron chi connectivity index (χ0n) is 15.5. The van der Waals surface area contributed by atoms with Crippen molar-refractivity contribution in [2.24, 2.45) is 0 Å². The van der Waals surface area contributed by atoms with Gasteiger partial charge in [-0.3, -0.25) is 10.1 Å². The summed E-state index contributed by atoms with van der Waals surface area (Å²) < 4.78 is 14.8. The number of aromatic nitrogens is 2. The smallest absolute Gasteiger partial charge is 0.272 e. The molecule has 2 aromatic rings. The van der Waals surface area contributed by atoms with E-state index in [0.717, 1.165) is 29.7 Å². The van der Waals surface area contributed by atoms with E-state index in [1.807, 2.05) is 6.92 Å². The van der Waals surface area contributed by atoms with Gasteiger partial charge in [0, 0.05) is 23.9 Å². The molecule has 1 saturated heterocycles. The summed E-state index contributed by atoms with van der Waals surface area (Å²) in [7, 11) is 0. The number of aromatic amines is 1. The number of halogens is 2. The third-order valence-electron chi connectivity index (χ3n) is 6.39. The van der Waals surface area contributed by atoms with Crippen LogP contribution >= 0.6 is 11.6 Å². The number of rotatable bonds is 3. The molecule has 0 radical (unpaired) electrons. The van der Waals surface area contributed by atoms with Gasteiger partial charge in [-0.15, -0.1) is 0 Å². The van der Waals surface area contributed by atoms with Crippen LogP contribution < -0.4 is 10.9 Å². The summed E-state index contributed by atoms with van der Waals surface area (Å²) in [5.74, 6) is -0.120. The molecule has 1 aromatic carbocycles. The van der Waals surface area contributed by atoms with Crippen molar-refractivity contribution >= 4 is 23.3 Å². The fourth-order valence-corrected chi connectivity index (χ4v) is 5.10. The molecule has 1 saturated carbocycles. The van der Waals surface area contributed by atoms with Crippen molar-refractivity contribution in [1.29, 1.82) is 0 Å². The molecule has 2 fully saturated rings. The fourth-order valence-electron chi connectivity index (χ4n) is 4.78. The van der Waals surface area contributed by atoms with E-state index in [4.69, 9.17) is 11.6 Å². The SMILES string of the molecule is CCC1c2n[nH]c(=O)cc2C[C@@H]2C[N+]12C(=O)Nc1cc(Cl)c(C2CC2)cc1F. The van der Waals surface area contributed by atoms with Crippen LogP contribution in [0.25, 0.3) is 0 Å². The average Bonchev–Trinajstić information content (AvgIpc) is 3.56. The van der Waals surface area contributed by atoms with Crippen molar-refractivity contribution in [3.05, 3.63) is 56.2 Å². The van der Waals surface area contributed by atoms with Gasteiger partial charge in [-0.05, 0) is 42.0 Å². The Labute approximate surface area is 166 Å². The molecule has 28 heavy (non-hydrogen) atoms. The molecular weight excluding hydrogens is 383 g/mol. The van der Waals surface area contributed by atoms with Crippen molar-refractivity contribution in [1.82, 2.24) is 10.2 Å². The molecule has 3 atom stereocenters. The molecule has 0 spiro atoms. The first kappa shape index (κ1) is 17.8. The van der Waals surface area contributed by atoms with Crippen LogP contribution in [-0.2, 0) is 6.42 Å². The number of hydrogen-bond donors (Lipinski definition) is 2. The molecular formula is C20H21ClFN4O2+. The van der Waals surface area contributed by atoms with Gasteiger partial charge in [0.2, 0.25) is 0 Å². The second-order valence-corrected chi connectivity index (χ2v) is 8.50. The van der Waals surface area contributed by atoms with Crippen molar-refractivity contribution in [3.8, 4) is 0 Å². The predicted octanol–water partition coefficient (Wildman–Crippen LogP) is 3.88. The molecule has 2 N–H and O–H groups in total. The van der Waals surface area contributed by atoms with Gasteiger partial charge in [-0.25, -0.2) is 18.8 Å². The molecule has 1 aliphatic carbocycles. The van der Waals surface area contributed by atoms with Crippen LogP contribution in [0.2, 0.25) is 5.02 Å². The molecule has 2 amide bonds. The molecule has 8 heteroatoms. The number of quaternary nitrogens is 1. The zero-order valence-corrected chi connectivity index (χ0v) is 16.2. The molecule has 1 aromatic heterocycles. The van der Waals surface area contributed by atoms with Crippen LogP contribution in [0.5, 0.6) is 0 Å². The Hall–Kier alpha value is -2.25. The molecule has 146 valence electrons.